The van der Waals surface area contributed by atoms with Crippen LogP contribution in [-0.4, -0.2) is 29.5 Å². The molecule has 0 bridgehead atoms. The molecule has 0 spiro atoms. The van der Waals surface area contributed by atoms with Crippen LogP contribution in [0.4, 0.5) is 11.4 Å². The molecule has 0 aromatic heterocycles. The van der Waals surface area contributed by atoms with Gasteiger partial charge in [-0.05, 0) is 78.0 Å². The number of anilines is 2. The minimum absolute atomic E-state index is 0.0203. The van der Waals surface area contributed by atoms with Crippen LogP contribution in [-0.2, 0) is 26.2 Å². The lowest BCUT2D eigenvalue weighted by Crippen LogP contribution is -2.34. The van der Waals surface area contributed by atoms with Crippen molar-refractivity contribution in [3.05, 3.63) is 95.6 Å². The lowest BCUT2D eigenvalue weighted by atomic mass is 9.87. The van der Waals surface area contributed by atoms with Crippen molar-refractivity contribution in [3.8, 4) is 0 Å². The first-order chi connectivity index (χ1) is 18.6. The molecule has 2 amide bonds. The topological polar surface area (TPSA) is 96.5 Å². The summed E-state index contributed by atoms with van der Waals surface area (Å²) in [7, 11) is 0. The number of ether oxygens (including phenoxy) is 1. The molecule has 0 fully saturated rings. The number of esters is 1. The van der Waals surface area contributed by atoms with Gasteiger partial charge in [0.1, 0.15) is 0 Å². The van der Waals surface area contributed by atoms with E-state index in [0.717, 1.165) is 18.4 Å². The molecule has 0 aliphatic rings. The fourth-order valence-corrected chi connectivity index (χ4v) is 3.94. The Morgan fingerprint density at radius 1 is 0.795 bits per heavy atom. The molecule has 3 aromatic carbocycles. The van der Waals surface area contributed by atoms with E-state index < -0.39 is 5.97 Å². The highest BCUT2D eigenvalue weighted by Crippen LogP contribution is 2.22. The van der Waals surface area contributed by atoms with Crippen LogP contribution in [0.25, 0.3) is 0 Å². The minimum Gasteiger partial charge on any atom is -0.466 e. The van der Waals surface area contributed by atoms with Crippen molar-refractivity contribution in [2.24, 2.45) is 0 Å². The van der Waals surface area contributed by atoms with E-state index in [1.54, 1.807) is 24.3 Å². The molecule has 39 heavy (non-hydrogen) atoms. The van der Waals surface area contributed by atoms with E-state index in [-0.39, 0.29) is 35.2 Å². The van der Waals surface area contributed by atoms with Crippen molar-refractivity contribution in [2.45, 2.75) is 51.9 Å². The summed E-state index contributed by atoms with van der Waals surface area (Å²) in [4.78, 5) is 36.6. The number of carbonyl (C=O) groups excluding carboxylic acids is 3. The van der Waals surface area contributed by atoms with Crippen LogP contribution >= 0.6 is 12.2 Å². The van der Waals surface area contributed by atoms with Crippen LogP contribution in [0, 0.1) is 0 Å². The highest BCUT2D eigenvalue weighted by Gasteiger charge is 2.14. The van der Waals surface area contributed by atoms with E-state index in [2.05, 4.69) is 36.7 Å². The zero-order chi connectivity index (χ0) is 28.3. The van der Waals surface area contributed by atoms with Gasteiger partial charge in [0, 0.05) is 23.4 Å². The van der Waals surface area contributed by atoms with E-state index in [1.165, 1.54) is 5.56 Å². The third-order valence-corrected chi connectivity index (χ3v) is 6.14. The smallest absolute Gasteiger partial charge is 0.306 e. The van der Waals surface area contributed by atoms with E-state index in [0.29, 0.717) is 23.5 Å². The van der Waals surface area contributed by atoms with E-state index in [1.807, 2.05) is 54.6 Å². The molecule has 3 rings (SSSR count). The molecule has 3 N–H and O–H groups in total. The molecule has 0 aliphatic carbocycles. The first kappa shape index (κ1) is 29.5. The van der Waals surface area contributed by atoms with Crippen LogP contribution in [0.5, 0.6) is 0 Å². The first-order valence-corrected chi connectivity index (χ1v) is 13.3. The summed E-state index contributed by atoms with van der Waals surface area (Å²) < 4.78 is 5.20. The maximum absolute atomic E-state index is 12.6. The zero-order valence-corrected chi connectivity index (χ0v) is 23.4. The fourth-order valence-electron chi connectivity index (χ4n) is 3.71. The predicted octanol–water partition coefficient (Wildman–Crippen LogP) is 6.01. The predicted molar refractivity (Wildman–Crippen MR) is 159 cm³/mol. The van der Waals surface area contributed by atoms with Gasteiger partial charge in [0.15, 0.2) is 5.11 Å². The van der Waals surface area contributed by atoms with Gasteiger partial charge >= 0.3 is 5.97 Å². The number of hydrogen-bond acceptors (Lipinski definition) is 5. The van der Waals surface area contributed by atoms with Crippen molar-refractivity contribution in [1.29, 1.82) is 0 Å². The Labute approximate surface area is 235 Å². The van der Waals surface area contributed by atoms with Crippen LogP contribution in [0.15, 0.2) is 78.9 Å². The maximum Gasteiger partial charge on any atom is 0.306 e. The molecular weight excluding hydrogens is 510 g/mol. The summed E-state index contributed by atoms with van der Waals surface area (Å²) >= 11 is 5.20. The summed E-state index contributed by atoms with van der Waals surface area (Å²) in [6.07, 6.45) is 1.50. The highest BCUT2D eigenvalue weighted by atomic mass is 32.1. The molecule has 3 aromatic rings. The molecule has 204 valence electrons. The van der Waals surface area contributed by atoms with Crippen molar-refractivity contribution in [2.75, 3.05) is 17.2 Å². The van der Waals surface area contributed by atoms with Crippen LogP contribution in [0.3, 0.4) is 0 Å². The number of benzene rings is 3. The molecule has 0 saturated heterocycles. The Balaban J connectivity index is 1.35. The van der Waals surface area contributed by atoms with Crippen LogP contribution in [0.1, 0.15) is 61.5 Å². The normalized spacial score (nSPS) is 10.8. The summed E-state index contributed by atoms with van der Waals surface area (Å²) in [6.45, 7) is 6.69. The molecule has 7 nitrogen and oxygen atoms in total. The standard InChI is InChI=1S/C31H35N3O4S/c1-31(2,3)24-13-11-23(12-14-24)29(37)32-25-15-17-26(18-16-25)33-30(39)34-27(35)19-20-28(36)38-21-7-10-22-8-5-4-6-9-22/h4-6,8-9,11-18H,7,10,19-21H2,1-3H3,(H,32,37)(H2,33,34,35,39). The van der Waals surface area contributed by atoms with Gasteiger partial charge in [0.2, 0.25) is 5.91 Å². The molecule has 0 radical (unpaired) electrons. The molecule has 0 aliphatic heterocycles. The number of rotatable bonds is 10. The molecule has 0 atom stereocenters. The van der Waals surface area contributed by atoms with Gasteiger partial charge < -0.3 is 20.7 Å². The SMILES string of the molecule is CC(C)(C)c1ccc(C(=O)Nc2ccc(NC(=S)NC(=O)CCC(=O)OCCCc3ccccc3)cc2)cc1. The molecule has 0 saturated carbocycles. The summed E-state index contributed by atoms with van der Waals surface area (Å²) in [5.74, 6) is -0.997. The van der Waals surface area contributed by atoms with Gasteiger partial charge in [0.05, 0.1) is 13.0 Å². The highest BCUT2D eigenvalue weighted by molar-refractivity contribution is 7.80. The van der Waals surface area contributed by atoms with Crippen LogP contribution < -0.4 is 16.0 Å². The van der Waals surface area contributed by atoms with E-state index in [4.69, 9.17) is 17.0 Å². The van der Waals surface area contributed by atoms with Gasteiger partial charge in [0.25, 0.3) is 5.91 Å². The van der Waals surface area contributed by atoms with Gasteiger partial charge in [-0.15, -0.1) is 0 Å². The minimum atomic E-state index is -0.417. The van der Waals surface area contributed by atoms with Gasteiger partial charge in [-0.2, -0.15) is 0 Å². The average Bonchev–Trinajstić information content (AvgIpc) is 2.91. The summed E-state index contributed by atoms with van der Waals surface area (Å²) in [6, 6.07) is 24.5. The molecular formula is C31H35N3O4S. The Hall–Kier alpha value is -4.04. The molecule has 0 heterocycles. The zero-order valence-electron chi connectivity index (χ0n) is 22.6. The van der Waals surface area contributed by atoms with Gasteiger partial charge in [-0.3, -0.25) is 14.4 Å². The Bertz CT molecular complexity index is 1270. The maximum atomic E-state index is 12.6. The van der Waals surface area contributed by atoms with Crippen molar-refractivity contribution < 1.29 is 19.1 Å². The van der Waals surface area contributed by atoms with Crippen molar-refractivity contribution in [3.63, 3.8) is 0 Å². The number of nitrogens with one attached hydrogen (secondary N) is 3. The van der Waals surface area contributed by atoms with Gasteiger partial charge in [-0.1, -0.05) is 63.2 Å². The Morgan fingerprint density at radius 2 is 1.41 bits per heavy atom. The van der Waals surface area contributed by atoms with Crippen molar-refractivity contribution in [1.82, 2.24) is 5.32 Å². The number of thiocarbonyl (C=S) groups is 1. The molecule has 0 unspecified atom stereocenters. The number of hydrogen-bond donors (Lipinski definition) is 3. The number of carbonyl (C=O) groups is 3. The summed E-state index contributed by atoms with van der Waals surface area (Å²) in [5, 5.41) is 8.47. The number of aryl methyl sites for hydroxylation is 1. The van der Waals surface area contributed by atoms with Gasteiger partial charge in [-0.25, -0.2) is 0 Å². The summed E-state index contributed by atoms with van der Waals surface area (Å²) in [5.41, 5.74) is 4.22. The quantitative estimate of drug-likeness (QED) is 0.164. The fraction of sp³-hybridized carbons (Fsp3) is 0.290. The number of amides is 2. The Morgan fingerprint density at radius 3 is 2.03 bits per heavy atom. The largest absolute Gasteiger partial charge is 0.466 e. The second-order valence-corrected chi connectivity index (χ2v) is 10.6. The Kier molecular flexibility index (Phi) is 10.8. The first-order valence-electron chi connectivity index (χ1n) is 12.9. The second-order valence-electron chi connectivity index (χ2n) is 10.2. The van der Waals surface area contributed by atoms with Crippen molar-refractivity contribution >= 4 is 46.5 Å². The lowest BCUT2D eigenvalue weighted by molar-refractivity contribution is -0.145. The van der Waals surface area contributed by atoms with Crippen LogP contribution in [0.2, 0.25) is 0 Å². The van der Waals surface area contributed by atoms with E-state index >= 15 is 0 Å². The second kappa shape index (κ2) is 14.2. The molecule has 8 heteroatoms. The third-order valence-electron chi connectivity index (χ3n) is 5.94. The third kappa shape index (κ3) is 10.3. The van der Waals surface area contributed by atoms with E-state index in [9.17, 15) is 14.4 Å². The monoisotopic (exact) mass is 545 g/mol. The average molecular weight is 546 g/mol. The lowest BCUT2D eigenvalue weighted by Gasteiger charge is -2.19.